The summed E-state index contributed by atoms with van der Waals surface area (Å²) in [6.45, 7) is 2.11. The number of aromatic amines is 1. The number of nitrogens with zero attached hydrogens (tertiary/aromatic N) is 2. The fraction of sp³-hybridized carbons (Fsp3) is 0.850. The van der Waals surface area contributed by atoms with Crippen molar-refractivity contribution in [3.05, 3.63) is 17.5 Å². The molecule has 1 aromatic rings. The van der Waals surface area contributed by atoms with Gasteiger partial charge >= 0.3 is 0 Å². The number of nitrogens with one attached hydrogen (secondary N) is 1. The molecule has 5 heteroatoms. The third kappa shape index (κ3) is 3.26. The molecule has 1 aromatic heterocycles. The lowest BCUT2D eigenvalue weighted by Crippen LogP contribution is -2.51. The van der Waals surface area contributed by atoms with E-state index in [9.17, 15) is 0 Å². The Kier molecular flexibility index (Phi) is 5.16. The predicted octanol–water partition coefficient (Wildman–Crippen LogP) is 3.62. The molecule has 0 unspecified atom stereocenters. The van der Waals surface area contributed by atoms with Crippen LogP contribution in [0.5, 0.6) is 0 Å². The van der Waals surface area contributed by atoms with Crippen molar-refractivity contribution in [1.29, 1.82) is 0 Å². The van der Waals surface area contributed by atoms with Gasteiger partial charge in [0.15, 0.2) is 0 Å². The zero-order valence-electron chi connectivity index (χ0n) is 15.8. The summed E-state index contributed by atoms with van der Waals surface area (Å²) in [5.41, 5.74) is 2.83. The fourth-order valence-corrected chi connectivity index (χ4v) is 5.57. The highest BCUT2D eigenvalue weighted by molar-refractivity contribution is 5.22. The Morgan fingerprint density at radius 1 is 1.20 bits per heavy atom. The molecule has 0 amide bonds. The summed E-state index contributed by atoms with van der Waals surface area (Å²) in [7, 11) is 3.75. The second-order valence-corrected chi connectivity index (χ2v) is 8.28. The van der Waals surface area contributed by atoms with Crippen LogP contribution in [0.3, 0.4) is 0 Å². The van der Waals surface area contributed by atoms with Crippen LogP contribution in [0.4, 0.5) is 0 Å². The normalized spacial score (nSPS) is 34.3. The van der Waals surface area contributed by atoms with E-state index in [0.717, 1.165) is 38.8 Å². The van der Waals surface area contributed by atoms with Crippen molar-refractivity contribution < 1.29 is 9.47 Å². The summed E-state index contributed by atoms with van der Waals surface area (Å²) >= 11 is 0. The van der Waals surface area contributed by atoms with E-state index in [4.69, 9.17) is 9.47 Å². The molecule has 1 saturated heterocycles. The second-order valence-electron chi connectivity index (χ2n) is 8.28. The van der Waals surface area contributed by atoms with E-state index in [1.54, 1.807) is 0 Å². The lowest BCUT2D eigenvalue weighted by atomic mass is 9.79. The summed E-state index contributed by atoms with van der Waals surface area (Å²) in [5, 5.41) is 7.74. The van der Waals surface area contributed by atoms with Crippen molar-refractivity contribution in [3.63, 3.8) is 0 Å². The van der Waals surface area contributed by atoms with E-state index >= 15 is 0 Å². The van der Waals surface area contributed by atoms with Crippen LogP contribution in [0.1, 0.15) is 75.0 Å². The fourth-order valence-electron chi connectivity index (χ4n) is 5.57. The molecule has 3 aliphatic rings. The molecule has 3 atom stereocenters. The first-order valence-corrected chi connectivity index (χ1v) is 10.1. The Hall–Kier alpha value is -0.910. The summed E-state index contributed by atoms with van der Waals surface area (Å²) in [6.07, 6.45) is 13.6. The second kappa shape index (κ2) is 7.37. The Bertz CT molecular complexity index is 569. The molecule has 5 nitrogen and oxygen atoms in total. The maximum Gasteiger partial charge on any atom is 0.0847 e. The van der Waals surface area contributed by atoms with Gasteiger partial charge in [-0.1, -0.05) is 19.3 Å². The van der Waals surface area contributed by atoms with Crippen molar-refractivity contribution in [3.8, 4) is 0 Å². The van der Waals surface area contributed by atoms with Gasteiger partial charge in [-0.05, 0) is 38.5 Å². The van der Waals surface area contributed by atoms with E-state index in [1.165, 1.54) is 43.4 Å². The van der Waals surface area contributed by atoms with Gasteiger partial charge in [0.05, 0.1) is 17.9 Å². The highest BCUT2D eigenvalue weighted by Crippen LogP contribution is 2.44. The molecule has 2 aliphatic carbocycles. The summed E-state index contributed by atoms with van der Waals surface area (Å²) in [4.78, 5) is 2.63. The molecule has 1 aliphatic heterocycles. The molecular weight excluding hydrogens is 314 g/mol. The van der Waals surface area contributed by atoms with Gasteiger partial charge in [-0.25, -0.2) is 0 Å². The van der Waals surface area contributed by atoms with Crippen LogP contribution in [-0.2, 0) is 16.0 Å². The number of hydrogen-bond acceptors (Lipinski definition) is 4. The van der Waals surface area contributed by atoms with E-state index in [0.29, 0.717) is 18.1 Å². The van der Waals surface area contributed by atoms with E-state index in [-0.39, 0.29) is 5.60 Å². The van der Waals surface area contributed by atoms with Crippen molar-refractivity contribution in [1.82, 2.24) is 15.1 Å². The van der Waals surface area contributed by atoms with Gasteiger partial charge in [-0.15, -0.1) is 0 Å². The average molecular weight is 348 g/mol. The molecular formula is C20H33N3O2. The maximum absolute atomic E-state index is 6.07. The number of fused-ring (bicyclic) bond motifs is 1. The molecule has 2 saturated carbocycles. The molecule has 0 radical (unpaired) electrons. The van der Waals surface area contributed by atoms with Gasteiger partial charge < -0.3 is 9.47 Å². The Labute approximate surface area is 151 Å². The van der Waals surface area contributed by atoms with E-state index < -0.39 is 0 Å². The number of methoxy groups -OCH3 is 2. The molecule has 4 rings (SSSR count). The van der Waals surface area contributed by atoms with Gasteiger partial charge in [-0.3, -0.25) is 10.00 Å². The summed E-state index contributed by atoms with van der Waals surface area (Å²) < 4.78 is 11.8. The first-order chi connectivity index (χ1) is 12.3. The van der Waals surface area contributed by atoms with Crippen LogP contribution in [-0.4, -0.2) is 53.6 Å². The number of aromatic nitrogens is 2. The standard InChI is InChI=1S/C20H33N3O2/c1-24-17-8-9-20(25-2)10-11-23(18(20)12-17)14-16-13-21-22-19(16)15-6-4-3-5-7-15/h13,15,17-18H,3-12,14H2,1-2H3,(H,21,22)/t17-,18-,20+/m1/s1. The summed E-state index contributed by atoms with van der Waals surface area (Å²) in [6, 6.07) is 0.463. The molecule has 0 aromatic carbocycles. The molecule has 3 fully saturated rings. The Morgan fingerprint density at radius 2 is 2.04 bits per heavy atom. The Balaban J connectivity index is 1.50. The third-order valence-electron chi connectivity index (χ3n) is 7.12. The average Bonchev–Trinajstić information content (AvgIpc) is 3.28. The monoisotopic (exact) mass is 347 g/mol. The molecule has 140 valence electrons. The molecule has 1 N–H and O–H groups in total. The van der Waals surface area contributed by atoms with Crippen LogP contribution in [0, 0.1) is 0 Å². The first kappa shape index (κ1) is 17.5. The van der Waals surface area contributed by atoms with Crippen molar-refractivity contribution in [2.24, 2.45) is 0 Å². The van der Waals surface area contributed by atoms with Gasteiger partial charge in [0.1, 0.15) is 0 Å². The predicted molar refractivity (Wildman–Crippen MR) is 97.6 cm³/mol. The Morgan fingerprint density at radius 3 is 2.80 bits per heavy atom. The van der Waals surface area contributed by atoms with Crippen molar-refractivity contribution in [2.75, 3.05) is 20.8 Å². The first-order valence-electron chi connectivity index (χ1n) is 10.1. The van der Waals surface area contributed by atoms with Crippen LogP contribution < -0.4 is 0 Å². The number of likely N-dealkylation sites (tertiary alicyclic amines) is 1. The molecule has 25 heavy (non-hydrogen) atoms. The largest absolute Gasteiger partial charge is 0.381 e. The van der Waals surface area contributed by atoms with Crippen LogP contribution in [0.25, 0.3) is 0 Å². The van der Waals surface area contributed by atoms with Crippen molar-refractivity contribution in [2.45, 2.75) is 88.0 Å². The van der Waals surface area contributed by atoms with Gasteiger partial charge in [0.25, 0.3) is 0 Å². The number of ether oxygens (including phenoxy) is 2. The van der Waals surface area contributed by atoms with Crippen LogP contribution in [0.15, 0.2) is 6.20 Å². The summed E-state index contributed by atoms with van der Waals surface area (Å²) in [5.74, 6) is 0.680. The molecule has 0 spiro atoms. The minimum atomic E-state index is 0.0315. The lowest BCUT2D eigenvalue weighted by Gasteiger charge is -2.43. The quantitative estimate of drug-likeness (QED) is 0.884. The highest BCUT2D eigenvalue weighted by Gasteiger charge is 2.51. The SMILES string of the molecule is CO[C@@H]1CC[C@]2(OC)CCN(Cc3cn[nH]c3C3CCCCC3)[C@@H]2C1. The lowest BCUT2D eigenvalue weighted by molar-refractivity contribution is -0.0947. The number of H-pyrrole nitrogens is 1. The zero-order valence-corrected chi connectivity index (χ0v) is 15.8. The topological polar surface area (TPSA) is 50.4 Å². The van der Waals surface area contributed by atoms with E-state index in [1.807, 2.05) is 14.2 Å². The molecule has 0 bridgehead atoms. The maximum atomic E-state index is 6.07. The van der Waals surface area contributed by atoms with Crippen LogP contribution in [0.2, 0.25) is 0 Å². The third-order valence-corrected chi connectivity index (χ3v) is 7.12. The number of rotatable bonds is 5. The van der Waals surface area contributed by atoms with Crippen LogP contribution >= 0.6 is 0 Å². The van der Waals surface area contributed by atoms with Gasteiger partial charge in [0, 0.05) is 50.5 Å². The smallest absolute Gasteiger partial charge is 0.0847 e. The number of hydrogen-bond donors (Lipinski definition) is 1. The van der Waals surface area contributed by atoms with Gasteiger partial charge in [-0.2, -0.15) is 5.10 Å². The van der Waals surface area contributed by atoms with E-state index in [2.05, 4.69) is 21.3 Å². The van der Waals surface area contributed by atoms with Gasteiger partial charge in [0.2, 0.25) is 0 Å². The minimum absolute atomic E-state index is 0.0315. The minimum Gasteiger partial charge on any atom is -0.381 e. The highest BCUT2D eigenvalue weighted by atomic mass is 16.5. The van der Waals surface area contributed by atoms with Crippen molar-refractivity contribution >= 4 is 0 Å². The molecule has 2 heterocycles. The zero-order chi connectivity index (χ0) is 17.3.